The fraction of sp³-hybridized carbons (Fsp3) is 0.455. The van der Waals surface area contributed by atoms with Crippen molar-refractivity contribution in [1.29, 1.82) is 0 Å². The summed E-state index contributed by atoms with van der Waals surface area (Å²) in [5, 5.41) is 3.20. The number of hydrogen-bond donors (Lipinski definition) is 1. The summed E-state index contributed by atoms with van der Waals surface area (Å²) in [6, 6.07) is 5.78. The molecule has 0 unspecified atom stereocenters. The van der Waals surface area contributed by atoms with E-state index in [1.54, 1.807) is 7.11 Å². The fourth-order valence-corrected chi connectivity index (χ4v) is 1.88. The average molecular weight is 272 g/mol. The minimum absolute atomic E-state index is 0.0961. The maximum atomic E-state index is 5.91. The Morgan fingerprint density at radius 3 is 2.60 bits per heavy atom. The van der Waals surface area contributed by atoms with E-state index in [0.717, 1.165) is 29.1 Å². The molecule has 4 heteroatoms. The molecule has 1 heterocycles. The molecular weight excluding hydrogens is 258 g/mol. The van der Waals surface area contributed by atoms with Crippen molar-refractivity contribution in [1.82, 2.24) is 5.32 Å². The van der Waals surface area contributed by atoms with Gasteiger partial charge < -0.3 is 14.8 Å². The van der Waals surface area contributed by atoms with Crippen LogP contribution in [0.25, 0.3) is 0 Å². The molecular formula is C11H14BrNO2. The molecule has 15 heavy (non-hydrogen) atoms. The van der Waals surface area contributed by atoms with Crippen molar-refractivity contribution in [3.05, 3.63) is 22.7 Å². The van der Waals surface area contributed by atoms with Gasteiger partial charge in [0.25, 0.3) is 0 Å². The molecule has 1 fully saturated rings. The molecule has 82 valence electrons. The topological polar surface area (TPSA) is 30.5 Å². The van der Waals surface area contributed by atoms with Crippen LogP contribution >= 0.6 is 15.9 Å². The van der Waals surface area contributed by atoms with Crippen molar-refractivity contribution in [3.63, 3.8) is 0 Å². The molecule has 0 bridgehead atoms. The number of ether oxygens (including phenoxy) is 2. The highest BCUT2D eigenvalue weighted by Crippen LogP contribution is 2.33. The molecule has 0 atom stereocenters. The molecule has 1 aliphatic rings. The van der Waals surface area contributed by atoms with Crippen LogP contribution in [0.4, 0.5) is 0 Å². The Hall–Kier alpha value is -0.740. The van der Waals surface area contributed by atoms with E-state index in [9.17, 15) is 0 Å². The second kappa shape index (κ2) is 4.02. The van der Waals surface area contributed by atoms with Gasteiger partial charge in [-0.25, -0.2) is 0 Å². The molecule has 1 saturated heterocycles. The van der Waals surface area contributed by atoms with Crippen LogP contribution in [0, 0.1) is 0 Å². The number of rotatable bonds is 3. The van der Waals surface area contributed by atoms with Crippen LogP contribution in [-0.4, -0.2) is 25.8 Å². The van der Waals surface area contributed by atoms with Gasteiger partial charge in [-0.2, -0.15) is 0 Å². The SMILES string of the molecule is COc1cc(Br)ccc1OC1(C)CNC1. The van der Waals surface area contributed by atoms with Crippen LogP contribution in [0.2, 0.25) is 0 Å². The third kappa shape index (κ3) is 2.26. The van der Waals surface area contributed by atoms with E-state index in [4.69, 9.17) is 9.47 Å². The Balaban J connectivity index is 2.20. The molecule has 0 amide bonds. The van der Waals surface area contributed by atoms with Gasteiger partial charge in [-0.15, -0.1) is 0 Å². The average Bonchev–Trinajstić information content (AvgIpc) is 2.18. The summed E-state index contributed by atoms with van der Waals surface area (Å²) in [7, 11) is 1.65. The number of nitrogens with one attached hydrogen (secondary N) is 1. The van der Waals surface area contributed by atoms with Crippen molar-refractivity contribution >= 4 is 15.9 Å². The largest absolute Gasteiger partial charge is 0.493 e. The molecule has 1 aromatic rings. The third-order valence-corrected chi connectivity index (χ3v) is 2.97. The quantitative estimate of drug-likeness (QED) is 0.915. The van der Waals surface area contributed by atoms with Crippen LogP contribution in [-0.2, 0) is 0 Å². The molecule has 0 radical (unpaired) electrons. The van der Waals surface area contributed by atoms with E-state index in [0.29, 0.717) is 0 Å². The summed E-state index contributed by atoms with van der Waals surface area (Å²) in [6.07, 6.45) is 0. The second-order valence-electron chi connectivity index (χ2n) is 3.95. The maximum absolute atomic E-state index is 5.91. The maximum Gasteiger partial charge on any atom is 0.162 e. The van der Waals surface area contributed by atoms with Crippen molar-refractivity contribution in [2.24, 2.45) is 0 Å². The van der Waals surface area contributed by atoms with Crippen molar-refractivity contribution < 1.29 is 9.47 Å². The van der Waals surface area contributed by atoms with E-state index in [1.807, 2.05) is 18.2 Å². The van der Waals surface area contributed by atoms with Gasteiger partial charge >= 0.3 is 0 Å². The first kappa shape index (κ1) is 10.8. The standard InChI is InChI=1S/C11H14BrNO2/c1-11(6-13-7-11)15-9-4-3-8(12)5-10(9)14-2/h3-5,13H,6-7H2,1-2H3. The lowest BCUT2D eigenvalue weighted by molar-refractivity contribution is 0.0323. The second-order valence-corrected chi connectivity index (χ2v) is 4.87. The van der Waals surface area contributed by atoms with Crippen molar-refractivity contribution in [2.45, 2.75) is 12.5 Å². The lowest BCUT2D eigenvalue weighted by Crippen LogP contribution is -2.61. The molecule has 0 spiro atoms. The first-order chi connectivity index (χ1) is 7.13. The lowest BCUT2D eigenvalue weighted by atomic mass is 10.00. The van der Waals surface area contributed by atoms with Crippen molar-refractivity contribution in [2.75, 3.05) is 20.2 Å². The van der Waals surface area contributed by atoms with Crippen LogP contribution in [0.5, 0.6) is 11.5 Å². The normalized spacial score (nSPS) is 18.1. The smallest absolute Gasteiger partial charge is 0.162 e. The van der Waals surface area contributed by atoms with E-state index in [-0.39, 0.29) is 5.60 Å². The number of benzene rings is 1. The Morgan fingerprint density at radius 2 is 2.07 bits per heavy atom. The van der Waals surface area contributed by atoms with E-state index in [2.05, 4.69) is 28.2 Å². The Morgan fingerprint density at radius 1 is 1.33 bits per heavy atom. The molecule has 1 aromatic carbocycles. The Labute approximate surface area is 97.9 Å². The van der Waals surface area contributed by atoms with Crippen LogP contribution in [0.3, 0.4) is 0 Å². The van der Waals surface area contributed by atoms with E-state index in [1.165, 1.54) is 0 Å². The zero-order chi connectivity index (χ0) is 10.9. The highest BCUT2D eigenvalue weighted by atomic mass is 79.9. The van der Waals surface area contributed by atoms with Crippen molar-refractivity contribution in [3.8, 4) is 11.5 Å². The van der Waals surface area contributed by atoms with Gasteiger partial charge in [-0.05, 0) is 25.1 Å². The first-order valence-corrected chi connectivity index (χ1v) is 5.65. The zero-order valence-corrected chi connectivity index (χ0v) is 10.4. The minimum Gasteiger partial charge on any atom is -0.493 e. The number of hydrogen-bond acceptors (Lipinski definition) is 3. The molecule has 0 saturated carbocycles. The van der Waals surface area contributed by atoms with E-state index < -0.39 is 0 Å². The summed E-state index contributed by atoms with van der Waals surface area (Å²) in [6.45, 7) is 3.85. The van der Waals surface area contributed by atoms with Gasteiger partial charge in [0.2, 0.25) is 0 Å². The Bertz CT molecular complexity index is 364. The van der Waals surface area contributed by atoms with Crippen LogP contribution in [0.15, 0.2) is 22.7 Å². The number of halogens is 1. The molecule has 0 aromatic heterocycles. The first-order valence-electron chi connectivity index (χ1n) is 4.86. The summed E-state index contributed by atoms with van der Waals surface area (Å²) in [4.78, 5) is 0. The third-order valence-electron chi connectivity index (χ3n) is 2.48. The van der Waals surface area contributed by atoms with Gasteiger partial charge in [0.1, 0.15) is 5.60 Å². The highest BCUT2D eigenvalue weighted by molar-refractivity contribution is 9.10. The van der Waals surface area contributed by atoms with Gasteiger partial charge in [0, 0.05) is 17.6 Å². The predicted octanol–water partition coefficient (Wildman–Crippen LogP) is 2.20. The summed E-state index contributed by atoms with van der Waals surface area (Å²) in [5.41, 5.74) is -0.0961. The lowest BCUT2D eigenvalue weighted by Gasteiger charge is -2.39. The monoisotopic (exact) mass is 271 g/mol. The van der Waals surface area contributed by atoms with Gasteiger partial charge in [0.15, 0.2) is 11.5 Å². The van der Waals surface area contributed by atoms with Gasteiger partial charge in [-0.3, -0.25) is 0 Å². The molecule has 2 rings (SSSR count). The van der Waals surface area contributed by atoms with Crippen LogP contribution in [0.1, 0.15) is 6.92 Å². The molecule has 1 N–H and O–H groups in total. The fourth-order valence-electron chi connectivity index (χ4n) is 1.54. The highest BCUT2D eigenvalue weighted by Gasteiger charge is 2.34. The Kier molecular flexibility index (Phi) is 2.89. The number of methoxy groups -OCH3 is 1. The van der Waals surface area contributed by atoms with Gasteiger partial charge in [0.05, 0.1) is 7.11 Å². The summed E-state index contributed by atoms with van der Waals surface area (Å²) >= 11 is 3.40. The van der Waals surface area contributed by atoms with Crippen LogP contribution < -0.4 is 14.8 Å². The zero-order valence-electron chi connectivity index (χ0n) is 8.84. The van der Waals surface area contributed by atoms with Gasteiger partial charge in [-0.1, -0.05) is 15.9 Å². The molecule has 3 nitrogen and oxygen atoms in total. The molecule has 0 aliphatic carbocycles. The van der Waals surface area contributed by atoms with E-state index >= 15 is 0 Å². The molecule has 1 aliphatic heterocycles. The predicted molar refractivity (Wildman–Crippen MR) is 62.6 cm³/mol. The minimum atomic E-state index is -0.0961. The summed E-state index contributed by atoms with van der Waals surface area (Å²) in [5.74, 6) is 1.56. The summed E-state index contributed by atoms with van der Waals surface area (Å²) < 4.78 is 12.2.